The van der Waals surface area contributed by atoms with Crippen LogP contribution in [0.1, 0.15) is 73.9 Å². The van der Waals surface area contributed by atoms with Gasteiger partial charge in [0.1, 0.15) is 17.6 Å². The van der Waals surface area contributed by atoms with Crippen molar-refractivity contribution >= 4 is 33.9 Å². The third-order valence-electron chi connectivity index (χ3n) is 7.31. The standard InChI is InChI=1S/C28H28ClFN8/c29-24-13-21(12-23-26(18(14-31)15-32-28(23)24)36-34-20-4-2-1-3-5-20)33-27(17-6-8-19(30)9-7-17)25-16-38(37-35-25)22-10-11-22/h6-9,12-13,15-16,20,22,27,33-34H,1-5,10-11H2,(H,32,36). The summed E-state index contributed by atoms with van der Waals surface area (Å²) < 4.78 is 15.6. The van der Waals surface area contributed by atoms with E-state index in [1.807, 2.05) is 23.0 Å². The summed E-state index contributed by atoms with van der Waals surface area (Å²) in [5, 5.41) is 23.3. The Morgan fingerprint density at radius 1 is 1.08 bits per heavy atom. The van der Waals surface area contributed by atoms with Gasteiger partial charge >= 0.3 is 0 Å². The van der Waals surface area contributed by atoms with Gasteiger partial charge in [-0.2, -0.15) is 5.26 Å². The van der Waals surface area contributed by atoms with E-state index in [1.165, 1.54) is 31.4 Å². The number of halogens is 2. The molecule has 0 radical (unpaired) electrons. The molecule has 2 fully saturated rings. The summed E-state index contributed by atoms with van der Waals surface area (Å²) in [6.45, 7) is 0. The van der Waals surface area contributed by atoms with Gasteiger partial charge in [0.2, 0.25) is 0 Å². The highest BCUT2D eigenvalue weighted by Crippen LogP contribution is 2.37. The Labute approximate surface area is 225 Å². The van der Waals surface area contributed by atoms with Gasteiger partial charge in [0.15, 0.2) is 0 Å². The maximum Gasteiger partial charge on any atom is 0.123 e. The third-order valence-corrected chi connectivity index (χ3v) is 7.60. The molecule has 1 atom stereocenters. The first-order chi connectivity index (χ1) is 18.6. The van der Waals surface area contributed by atoms with Crippen molar-refractivity contribution in [2.75, 3.05) is 10.7 Å². The maximum absolute atomic E-state index is 13.7. The average molecular weight is 531 g/mol. The number of benzene rings is 2. The number of hydrazine groups is 1. The normalized spacial score (nSPS) is 16.8. The SMILES string of the molecule is N#Cc1cnc2c(Cl)cc(NC(c3ccc(F)cc3)c3cn(C4CC4)nn3)cc2c1NNC1CCCCC1. The average Bonchev–Trinajstić information content (AvgIpc) is 3.68. The quantitative estimate of drug-likeness (QED) is 0.230. The predicted octanol–water partition coefficient (Wildman–Crippen LogP) is 6.28. The Hall–Kier alpha value is -3.74. The van der Waals surface area contributed by atoms with Crippen molar-refractivity contribution in [3.05, 3.63) is 76.5 Å². The number of hydrogen-bond donors (Lipinski definition) is 3. The maximum atomic E-state index is 13.7. The van der Waals surface area contributed by atoms with Gasteiger partial charge in [-0.15, -0.1) is 5.10 Å². The van der Waals surface area contributed by atoms with Crippen LogP contribution in [0.4, 0.5) is 15.8 Å². The van der Waals surface area contributed by atoms with Crippen molar-refractivity contribution in [2.24, 2.45) is 0 Å². The Bertz CT molecular complexity index is 1490. The van der Waals surface area contributed by atoms with E-state index in [9.17, 15) is 9.65 Å². The van der Waals surface area contributed by atoms with Gasteiger partial charge in [0, 0.05) is 23.3 Å². The summed E-state index contributed by atoms with van der Waals surface area (Å²) in [6.07, 6.45) is 11.5. The summed E-state index contributed by atoms with van der Waals surface area (Å²) >= 11 is 6.71. The molecule has 2 aliphatic rings. The molecule has 2 aliphatic carbocycles. The molecule has 1 unspecified atom stereocenters. The lowest BCUT2D eigenvalue weighted by molar-refractivity contribution is 0.393. The summed E-state index contributed by atoms with van der Waals surface area (Å²) in [7, 11) is 0. The Kier molecular flexibility index (Phi) is 6.83. The molecule has 2 heterocycles. The first kappa shape index (κ1) is 24.6. The zero-order valence-corrected chi connectivity index (χ0v) is 21.5. The molecule has 2 aromatic heterocycles. The number of rotatable bonds is 8. The van der Waals surface area contributed by atoms with E-state index in [1.54, 1.807) is 18.3 Å². The van der Waals surface area contributed by atoms with Crippen molar-refractivity contribution < 1.29 is 4.39 Å². The zero-order valence-electron chi connectivity index (χ0n) is 20.8. The highest BCUT2D eigenvalue weighted by atomic mass is 35.5. The lowest BCUT2D eigenvalue weighted by Gasteiger charge is -2.24. The molecule has 2 saturated carbocycles. The van der Waals surface area contributed by atoms with Gasteiger partial charge in [0.25, 0.3) is 0 Å². The number of nitrogens with one attached hydrogen (secondary N) is 3. The molecule has 0 bridgehead atoms. The second-order valence-corrected chi connectivity index (χ2v) is 10.5. The van der Waals surface area contributed by atoms with Crippen molar-refractivity contribution in [3.8, 4) is 6.07 Å². The first-order valence-corrected chi connectivity index (χ1v) is 13.4. The molecule has 0 aliphatic heterocycles. The van der Waals surface area contributed by atoms with Gasteiger partial charge in [-0.3, -0.25) is 4.98 Å². The minimum absolute atomic E-state index is 0.306. The summed E-state index contributed by atoms with van der Waals surface area (Å²) in [5.41, 5.74) is 10.7. The van der Waals surface area contributed by atoms with Crippen molar-refractivity contribution in [2.45, 2.75) is 63.1 Å². The predicted molar refractivity (Wildman–Crippen MR) is 145 cm³/mol. The van der Waals surface area contributed by atoms with E-state index in [-0.39, 0.29) is 11.9 Å². The second kappa shape index (κ2) is 10.6. The van der Waals surface area contributed by atoms with E-state index in [0.717, 1.165) is 48.0 Å². The van der Waals surface area contributed by atoms with Crippen LogP contribution < -0.4 is 16.2 Å². The molecule has 3 N–H and O–H groups in total. The van der Waals surface area contributed by atoms with Crippen LogP contribution in [-0.4, -0.2) is 26.0 Å². The van der Waals surface area contributed by atoms with Crippen LogP contribution in [0, 0.1) is 17.1 Å². The van der Waals surface area contributed by atoms with Crippen molar-refractivity contribution in [3.63, 3.8) is 0 Å². The van der Waals surface area contributed by atoms with Crippen LogP contribution in [0.15, 0.2) is 48.8 Å². The topological polar surface area (TPSA) is 103 Å². The molecule has 10 heteroatoms. The van der Waals surface area contributed by atoms with E-state index in [4.69, 9.17) is 11.6 Å². The number of pyridine rings is 1. The van der Waals surface area contributed by atoms with Crippen molar-refractivity contribution in [1.29, 1.82) is 5.26 Å². The van der Waals surface area contributed by atoms with Crippen LogP contribution >= 0.6 is 11.6 Å². The molecule has 0 saturated heterocycles. The van der Waals surface area contributed by atoms with Gasteiger partial charge in [0.05, 0.1) is 40.1 Å². The number of hydrogen-bond acceptors (Lipinski definition) is 7. The van der Waals surface area contributed by atoms with E-state index < -0.39 is 0 Å². The number of anilines is 2. The number of nitrogens with zero attached hydrogens (tertiary/aromatic N) is 5. The lowest BCUT2D eigenvalue weighted by Crippen LogP contribution is -2.35. The molecule has 0 amide bonds. The minimum atomic E-state index is -0.388. The lowest BCUT2D eigenvalue weighted by atomic mass is 9.96. The van der Waals surface area contributed by atoms with Gasteiger partial charge in [-0.1, -0.05) is 48.2 Å². The fourth-order valence-electron chi connectivity index (χ4n) is 5.07. The Morgan fingerprint density at radius 2 is 1.87 bits per heavy atom. The first-order valence-electron chi connectivity index (χ1n) is 13.1. The third kappa shape index (κ3) is 5.15. The van der Waals surface area contributed by atoms with Crippen LogP contribution in [0.3, 0.4) is 0 Å². The zero-order chi connectivity index (χ0) is 26.1. The number of fused-ring (bicyclic) bond motifs is 1. The number of nitriles is 1. The van der Waals surface area contributed by atoms with Crippen molar-refractivity contribution in [1.82, 2.24) is 25.4 Å². The molecule has 6 rings (SSSR count). The minimum Gasteiger partial charge on any atom is -0.373 e. The summed E-state index contributed by atoms with van der Waals surface area (Å²) in [6, 6.07) is 12.7. The second-order valence-electron chi connectivity index (χ2n) is 10.1. The summed E-state index contributed by atoms with van der Waals surface area (Å²) in [4.78, 5) is 4.47. The van der Waals surface area contributed by atoms with Gasteiger partial charge < -0.3 is 10.7 Å². The van der Waals surface area contributed by atoms with Crippen LogP contribution in [-0.2, 0) is 0 Å². The molecule has 4 aromatic rings. The number of aromatic nitrogens is 4. The van der Waals surface area contributed by atoms with E-state index >= 15 is 0 Å². The smallest absolute Gasteiger partial charge is 0.123 e. The molecule has 2 aromatic carbocycles. The fraction of sp³-hybridized carbons (Fsp3) is 0.357. The van der Waals surface area contributed by atoms with Crippen LogP contribution in [0.5, 0.6) is 0 Å². The Balaban J connectivity index is 1.37. The monoisotopic (exact) mass is 530 g/mol. The molecular formula is C28H28ClFN8. The molecule has 0 spiro atoms. The van der Waals surface area contributed by atoms with E-state index in [2.05, 4.69) is 37.5 Å². The summed E-state index contributed by atoms with van der Waals surface area (Å²) in [5.74, 6) is -0.306. The van der Waals surface area contributed by atoms with Gasteiger partial charge in [-0.25, -0.2) is 14.5 Å². The highest BCUT2D eigenvalue weighted by Gasteiger charge is 2.27. The molecule has 194 valence electrons. The van der Waals surface area contributed by atoms with Gasteiger partial charge in [-0.05, 0) is 55.5 Å². The highest BCUT2D eigenvalue weighted by molar-refractivity contribution is 6.35. The molecule has 38 heavy (non-hydrogen) atoms. The van der Waals surface area contributed by atoms with Crippen LogP contribution in [0.2, 0.25) is 5.02 Å². The van der Waals surface area contributed by atoms with E-state index in [0.29, 0.717) is 33.9 Å². The molecular weight excluding hydrogens is 503 g/mol. The Morgan fingerprint density at radius 3 is 2.61 bits per heavy atom. The fourth-order valence-corrected chi connectivity index (χ4v) is 5.34. The molecule has 8 nitrogen and oxygen atoms in total. The largest absolute Gasteiger partial charge is 0.373 e. The van der Waals surface area contributed by atoms with Crippen LogP contribution in [0.25, 0.3) is 10.9 Å².